The van der Waals surface area contributed by atoms with Gasteiger partial charge in [0.1, 0.15) is 5.75 Å². The van der Waals surface area contributed by atoms with Crippen LogP contribution in [-0.4, -0.2) is 17.6 Å². The Morgan fingerprint density at radius 1 is 1.56 bits per heavy atom. The third-order valence-corrected chi connectivity index (χ3v) is 2.48. The fourth-order valence-corrected chi connectivity index (χ4v) is 1.53. The van der Waals surface area contributed by atoms with E-state index in [1.54, 1.807) is 12.1 Å². The maximum absolute atomic E-state index is 11.6. The molecule has 16 heavy (non-hydrogen) atoms. The highest BCUT2D eigenvalue weighted by molar-refractivity contribution is 9.10. The average molecular weight is 282 g/mol. The highest BCUT2D eigenvalue weighted by Gasteiger charge is 2.09. The minimum absolute atomic E-state index is 0.0381. The molecule has 2 N–H and O–H groups in total. The number of carbonyl (C=O) groups excluding carboxylic acids is 1. The molecule has 0 heterocycles. The predicted octanol–water partition coefficient (Wildman–Crippen LogP) is 2.30. The molecule has 0 aliphatic carbocycles. The minimum Gasteiger partial charge on any atom is -0.507 e. The van der Waals surface area contributed by atoms with E-state index in [1.165, 1.54) is 6.07 Å². The number of benzene rings is 1. The van der Waals surface area contributed by atoms with Crippen molar-refractivity contribution < 1.29 is 9.90 Å². The van der Waals surface area contributed by atoms with E-state index in [1.807, 2.05) is 0 Å². The number of nitrogens with one attached hydrogen (secondary N) is 1. The quantitative estimate of drug-likeness (QED) is 0.657. The molecule has 0 bridgehead atoms. The van der Waals surface area contributed by atoms with E-state index >= 15 is 0 Å². The van der Waals surface area contributed by atoms with E-state index in [2.05, 4.69) is 27.2 Å². The SMILES string of the molecule is C#CCCCNC(=O)c1ccc(Br)cc1O. The zero-order valence-corrected chi connectivity index (χ0v) is 10.3. The van der Waals surface area contributed by atoms with E-state index in [4.69, 9.17) is 6.42 Å². The van der Waals surface area contributed by atoms with E-state index in [-0.39, 0.29) is 17.2 Å². The average Bonchev–Trinajstić information content (AvgIpc) is 2.24. The normalized spacial score (nSPS) is 9.50. The molecular formula is C12H12BrNO2. The van der Waals surface area contributed by atoms with Crippen molar-refractivity contribution in [2.24, 2.45) is 0 Å². The van der Waals surface area contributed by atoms with Crippen LogP contribution in [0.3, 0.4) is 0 Å². The van der Waals surface area contributed by atoms with E-state index in [9.17, 15) is 9.90 Å². The fraction of sp³-hybridized carbons (Fsp3) is 0.250. The first-order valence-electron chi connectivity index (χ1n) is 4.85. The summed E-state index contributed by atoms with van der Waals surface area (Å²) in [5.41, 5.74) is 0.268. The van der Waals surface area contributed by atoms with Gasteiger partial charge >= 0.3 is 0 Å². The van der Waals surface area contributed by atoms with E-state index in [0.717, 1.165) is 10.9 Å². The summed E-state index contributed by atoms with van der Waals surface area (Å²) in [7, 11) is 0. The molecule has 0 unspecified atom stereocenters. The molecule has 3 nitrogen and oxygen atoms in total. The number of hydrogen-bond acceptors (Lipinski definition) is 2. The van der Waals surface area contributed by atoms with Crippen molar-refractivity contribution in [2.75, 3.05) is 6.54 Å². The van der Waals surface area contributed by atoms with Crippen molar-refractivity contribution in [1.29, 1.82) is 0 Å². The summed E-state index contributed by atoms with van der Waals surface area (Å²) < 4.78 is 0.730. The summed E-state index contributed by atoms with van der Waals surface area (Å²) in [4.78, 5) is 11.6. The Bertz CT molecular complexity index is 424. The lowest BCUT2D eigenvalue weighted by Crippen LogP contribution is -2.24. The zero-order chi connectivity index (χ0) is 12.0. The molecule has 0 saturated heterocycles. The summed E-state index contributed by atoms with van der Waals surface area (Å²) >= 11 is 3.20. The highest BCUT2D eigenvalue weighted by Crippen LogP contribution is 2.21. The Balaban J connectivity index is 2.57. The zero-order valence-electron chi connectivity index (χ0n) is 8.66. The monoisotopic (exact) mass is 281 g/mol. The van der Waals surface area contributed by atoms with Crippen LogP contribution in [0.5, 0.6) is 5.75 Å². The first-order chi connectivity index (χ1) is 7.65. The molecule has 0 aliphatic rings. The first-order valence-corrected chi connectivity index (χ1v) is 5.64. The van der Waals surface area contributed by atoms with Crippen molar-refractivity contribution in [3.05, 3.63) is 28.2 Å². The minimum atomic E-state index is -0.290. The van der Waals surface area contributed by atoms with Crippen molar-refractivity contribution in [3.63, 3.8) is 0 Å². The maximum atomic E-state index is 11.6. The fourth-order valence-electron chi connectivity index (χ4n) is 1.18. The van der Waals surface area contributed by atoms with E-state index < -0.39 is 0 Å². The number of unbranched alkanes of at least 4 members (excludes halogenated alkanes) is 1. The number of phenols is 1. The summed E-state index contributed by atoms with van der Waals surface area (Å²) in [6, 6.07) is 4.75. The molecule has 1 rings (SSSR count). The van der Waals surface area contributed by atoms with Crippen molar-refractivity contribution in [2.45, 2.75) is 12.8 Å². The lowest BCUT2D eigenvalue weighted by molar-refractivity contribution is 0.0950. The van der Waals surface area contributed by atoms with E-state index in [0.29, 0.717) is 13.0 Å². The number of rotatable bonds is 4. The van der Waals surface area contributed by atoms with Gasteiger partial charge in [-0.1, -0.05) is 15.9 Å². The van der Waals surface area contributed by atoms with Crippen LogP contribution >= 0.6 is 15.9 Å². The summed E-state index contributed by atoms with van der Waals surface area (Å²) in [5, 5.41) is 12.2. The second-order valence-electron chi connectivity index (χ2n) is 3.23. The molecule has 0 radical (unpaired) electrons. The Morgan fingerprint density at radius 3 is 2.94 bits per heavy atom. The van der Waals surface area contributed by atoms with Gasteiger partial charge < -0.3 is 10.4 Å². The van der Waals surface area contributed by atoms with Crippen LogP contribution in [0.2, 0.25) is 0 Å². The van der Waals surface area contributed by atoms with Crippen molar-refractivity contribution in [1.82, 2.24) is 5.32 Å². The first kappa shape index (κ1) is 12.6. The standard InChI is InChI=1S/C12H12BrNO2/c1-2-3-4-7-14-12(16)10-6-5-9(13)8-11(10)15/h1,5-6,8,15H,3-4,7H2,(H,14,16). The second kappa shape index (κ2) is 6.19. The maximum Gasteiger partial charge on any atom is 0.255 e. The van der Waals surface area contributed by atoms with Crippen molar-refractivity contribution in [3.8, 4) is 18.1 Å². The molecule has 0 atom stereocenters. The van der Waals surface area contributed by atoms with Crippen LogP contribution in [0.1, 0.15) is 23.2 Å². The number of terminal acetylenes is 1. The Kier molecular flexibility index (Phi) is 4.87. The lowest BCUT2D eigenvalue weighted by Gasteiger charge is -2.06. The number of phenolic OH excluding ortho intramolecular Hbond substituents is 1. The third kappa shape index (κ3) is 3.59. The van der Waals surface area contributed by atoms with Gasteiger partial charge in [-0.2, -0.15) is 0 Å². The second-order valence-corrected chi connectivity index (χ2v) is 4.14. The van der Waals surface area contributed by atoms with Gasteiger partial charge in [-0.15, -0.1) is 12.3 Å². The summed E-state index contributed by atoms with van der Waals surface area (Å²) in [6.07, 6.45) is 6.46. The summed E-state index contributed by atoms with van der Waals surface area (Å²) in [6.45, 7) is 0.512. The number of amides is 1. The van der Waals surface area contributed by atoms with Crippen LogP contribution in [0, 0.1) is 12.3 Å². The van der Waals surface area contributed by atoms with Gasteiger partial charge in [-0.3, -0.25) is 4.79 Å². The predicted molar refractivity (Wildman–Crippen MR) is 66.2 cm³/mol. The van der Waals surface area contributed by atoms with Gasteiger partial charge in [-0.05, 0) is 24.6 Å². The number of halogens is 1. The molecule has 0 aromatic heterocycles. The van der Waals surface area contributed by atoms with Gasteiger partial charge in [0.15, 0.2) is 0 Å². The van der Waals surface area contributed by atoms with Gasteiger partial charge in [-0.25, -0.2) is 0 Å². The molecule has 4 heteroatoms. The molecule has 0 saturated carbocycles. The van der Waals surface area contributed by atoms with Gasteiger partial charge in [0.05, 0.1) is 5.56 Å². The molecule has 1 aromatic carbocycles. The van der Waals surface area contributed by atoms with Crippen LogP contribution in [0.4, 0.5) is 0 Å². The molecule has 0 fully saturated rings. The Hall–Kier alpha value is -1.47. The molecule has 84 valence electrons. The Morgan fingerprint density at radius 2 is 2.31 bits per heavy atom. The number of aromatic hydroxyl groups is 1. The molecular weight excluding hydrogens is 270 g/mol. The number of carbonyl (C=O) groups is 1. The third-order valence-electron chi connectivity index (χ3n) is 1.99. The largest absolute Gasteiger partial charge is 0.507 e. The van der Waals surface area contributed by atoms with Gasteiger partial charge in [0, 0.05) is 17.4 Å². The molecule has 0 spiro atoms. The van der Waals surface area contributed by atoms with Crippen molar-refractivity contribution >= 4 is 21.8 Å². The molecule has 0 aliphatic heterocycles. The van der Waals surface area contributed by atoms with Crippen LogP contribution < -0.4 is 5.32 Å². The highest BCUT2D eigenvalue weighted by atomic mass is 79.9. The number of hydrogen-bond donors (Lipinski definition) is 2. The lowest BCUT2D eigenvalue weighted by atomic mass is 10.2. The van der Waals surface area contributed by atoms with Crippen LogP contribution in [-0.2, 0) is 0 Å². The smallest absolute Gasteiger partial charge is 0.255 e. The Labute approximate surface area is 103 Å². The van der Waals surface area contributed by atoms with Crippen LogP contribution in [0.25, 0.3) is 0 Å². The van der Waals surface area contributed by atoms with Gasteiger partial charge in [0.25, 0.3) is 5.91 Å². The molecule has 1 aromatic rings. The summed E-state index contributed by atoms with van der Waals surface area (Å²) in [5.74, 6) is 2.17. The molecule has 1 amide bonds. The topological polar surface area (TPSA) is 49.3 Å². The van der Waals surface area contributed by atoms with Gasteiger partial charge in [0.2, 0.25) is 0 Å². The van der Waals surface area contributed by atoms with Crippen LogP contribution in [0.15, 0.2) is 22.7 Å².